The number of nitrogens with zero attached hydrogens (tertiary/aromatic N) is 1. The average molecular weight is 531 g/mol. The molecule has 7 rings (SSSR count). The Bertz CT molecular complexity index is 1220. The minimum Gasteiger partial charge on any atom is -0.508 e. The molecule has 4 fully saturated rings. The molecule has 0 saturated heterocycles. The number of benzene rings is 2. The number of phenolic OH excluding ortho intramolecular Hbond substituents is 1. The van der Waals surface area contributed by atoms with Crippen LogP contribution in [-0.2, 0) is 24.2 Å². The van der Waals surface area contributed by atoms with Gasteiger partial charge in [-0.1, -0.05) is 24.3 Å². The van der Waals surface area contributed by atoms with E-state index in [0.717, 1.165) is 59.3 Å². The number of carbonyl (C=O) groups excluding carboxylic acids is 2. The fourth-order valence-corrected chi connectivity index (χ4v) is 8.60. The van der Waals surface area contributed by atoms with Crippen molar-refractivity contribution in [1.82, 2.24) is 15.5 Å². The van der Waals surface area contributed by atoms with Crippen LogP contribution in [-0.4, -0.2) is 46.1 Å². The van der Waals surface area contributed by atoms with E-state index in [1.165, 1.54) is 24.8 Å². The number of carbonyl (C=O) groups is 2. The zero-order valence-electron chi connectivity index (χ0n) is 23.2. The molecule has 7 nitrogen and oxygen atoms in total. The first-order valence-corrected chi connectivity index (χ1v) is 14.7. The Morgan fingerprint density at radius 3 is 2.23 bits per heavy atom. The van der Waals surface area contributed by atoms with Crippen molar-refractivity contribution in [2.75, 3.05) is 6.54 Å². The maximum absolute atomic E-state index is 13.8. The third-order valence-corrected chi connectivity index (χ3v) is 9.98. The van der Waals surface area contributed by atoms with E-state index >= 15 is 0 Å². The summed E-state index contributed by atoms with van der Waals surface area (Å²) in [6, 6.07) is 10.7. The molecule has 208 valence electrons. The highest BCUT2D eigenvalue weighted by molar-refractivity contribution is 5.83. The highest BCUT2D eigenvalue weighted by Gasteiger charge is 2.51. The summed E-state index contributed by atoms with van der Waals surface area (Å²) < 4.78 is 0. The molecule has 0 unspecified atom stereocenters. The van der Waals surface area contributed by atoms with Gasteiger partial charge in [-0.25, -0.2) is 4.79 Å². The summed E-state index contributed by atoms with van der Waals surface area (Å²) in [6.07, 6.45) is 8.43. The number of fused-ring (bicyclic) bond motifs is 1. The summed E-state index contributed by atoms with van der Waals surface area (Å²) in [5.74, 6) is 2.41. The second-order valence-corrected chi connectivity index (χ2v) is 13.0. The summed E-state index contributed by atoms with van der Waals surface area (Å²) in [6.45, 7) is 4.75. The van der Waals surface area contributed by atoms with Gasteiger partial charge in [-0.15, -0.1) is 0 Å². The zero-order chi connectivity index (χ0) is 27.3. The predicted molar refractivity (Wildman–Crippen MR) is 151 cm³/mol. The molecule has 0 spiro atoms. The first-order valence-electron chi connectivity index (χ1n) is 14.7. The summed E-state index contributed by atoms with van der Waals surface area (Å²) in [4.78, 5) is 28.8. The smallest absolute Gasteiger partial charge is 0.315 e. The Morgan fingerprint density at radius 1 is 1.03 bits per heavy atom. The van der Waals surface area contributed by atoms with Crippen LogP contribution in [0.5, 0.6) is 5.75 Å². The van der Waals surface area contributed by atoms with Gasteiger partial charge in [0.05, 0.1) is 12.1 Å². The molecule has 1 aliphatic heterocycles. The van der Waals surface area contributed by atoms with Gasteiger partial charge in [0.25, 0.3) is 0 Å². The summed E-state index contributed by atoms with van der Waals surface area (Å²) in [5, 5.41) is 16.5. The molecule has 3 amide bonds. The molecule has 7 heteroatoms. The lowest BCUT2D eigenvalue weighted by atomic mass is 9.53. The number of aryl methyl sites for hydroxylation is 2. The largest absolute Gasteiger partial charge is 0.508 e. The molecular formula is C32H42N4O3. The number of hydrogen-bond acceptors (Lipinski definition) is 4. The minimum absolute atomic E-state index is 0.0459. The van der Waals surface area contributed by atoms with E-state index in [0.29, 0.717) is 25.9 Å². The Labute approximate surface area is 231 Å². The summed E-state index contributed by atoms with van der Waals surface area (Å²) in [5.41, 5.74) is 11.7. The molecular weight excluding hydrogens is 488 g/mol. The Kier molecular flexibility index (Phi) is 6.82. The van der Waals surface area contributed by atoms with Crippen LogP contribution in [0.25, 0.3) is 0 Å². The number of nitrogens with two attached hydrogens (primary N) is 1. The van der Waals surface area contributed by atoms with Crippen LogP contribution >= 0.6 is 0 Å². The standard InChI is InChI=1S/C32H42N4O3/c1-19-7-27(37)8-20(2)28(19)13-29(33)30(38)36-18-25-6-4-3-5-24(25)12-26(36)17-34-31(39)35-32-14-21-9-22(15-32)11-23(10-21)16-32/h3-8,21-23,26,29,37H,9-18,33H2,1-2H3,(H2,34,35,39)/t21?,22?,23?,26-,29-,32?/m0/s1. The first kappa shape index (κ1) is 26.2. The highest BCUT2D eigenvalue weighted by Crippen LogP contribution is 2.55. The van der Waals surface area contributed by atoms with Gasteiger partial charge >= 0.3 is 6.03 Å². The van der Waals surface area contributed by atoms with Gasteiger partial charge in [0.2, 0.25) is 5.91 Å². The van der Waals surface area contributed by atoms with Crippen molar-refractivity contribution in [2.45, 2.75) is 89.4 Å². The van der Waals surface area contributed by atoms with Gasteiger partial charge in [0.1, 0.15) is 5.75 Å². The lowest BCUT2D eigenvalue weighted by Crippen LogP contribution is -2.62. The molecule has 4 saturated carbocycles. The third kappa shape index (κ3) is 5.25. The van der Waals surface area contributed by atoms with Gasteiger partial charge in [-0.2, -0.15) is 0 Å². The molecule has 0 radical (unpaired) electrons. The second-order valence-electron chi connectivity index (χ2n) is 13.0. The van der Waals surface area contributed by atoms with E-state index in [2.05, 4.69) is 22.8 Å². The van der Waals surface area contributed by atoms with Crippen molar-refractivity contribution in [1.29, 1.82) is 0 Å². The molecule has 4 aliphatic carbocycles. The average Bonchev–Trinajstić information content (AvgIpc) is 2.87. The van der Waals surface area contributed by atoms with E-state index in [9.17, 15) is 14.7 Å². The van der Waals surface area contributed by atoms with Crippen LogP contribution < -0.4 is 16.4 Å². The fourth-order valence-electron chi connectivity index (χ4n) is 8.60. The molecule has 2 atom stereocenters. The molecule has 2 aromatic carbocycles. The molecule has 4 bridgehead atoms. The quantitative estimate of drug-likeness (QED) is 0.451. The van der Waals surface area contributed by atoms with Gasteiger partial charge in [0.15, 0.2) is 0 Å². The Balaban J connectivity index is 1.14. The third-order valence-electron chi connectivity index (χ3n) is 9.98. The van der Waals surface area contributed by atoms with Crippen LogP contribution in [0.2, 0.25) is 0 Å². The van der Waals surface area contributed by atoms with Crippen LogP contribution in [0.1, 0.15) is 66.3 Å². The topological polar surface area (TPSA) is 108 Å². The van der Waals surface area contributed by atoms with Crippen LogP contribution in [0.15, 0.2) is 36.4 Å². The van der Waals surface area contributed by atoms with E-state index in [-0.39, 0.29) is 29.3 Å². The second kappa shape index (κ2) is 10.2. The van der Waals surface area contributed by atoms with Crippen LogP contribution in [0.3, 0.4) is 0 Å². The van der Waals surface area contributed by atoms with Crippen LogP contribution in [0.4, 0.5) is 4.79 Å². The Morgan fingerprint density at radius 2 is 1.62 bits per heavy atom. The van der Waals surface area contributed by atoms with Crippen molar-refractivity contribution >= 4 is 11.9 Å². The summed E-state index contributed by atoms with van der Waals surface area (Å²) in [7, 11) is 0. The van der Waals surface area contributed by atoms with Crippen molar-refractivity contribution in [3.63, 3.8) is 0 Å². The lowest BCUT2D eigenvalue weighted by molar-refractivity contribution is -0.136. The maximum Gasteiger partial charge on any atom is 0.315 e. The van der Waals surface area contributed by atoms with Crippen molar-refractivity contribution in [2.24, 2.45) is 23.5 Å². The predicted octanol–water partition coefficient (Wildman–Crippen LogP) is 4.10. The minimum atomic E-state index is -0.708. The SMILES string of the molecule is Cc1cc(O)cc(C)c1C[C@H](N)C(=O)N1Cc2ccccc2C[C@H]1CNC(=O)NC12CC3CC(CC(C3)C1)C2. The molecule has 39 heavy (non-hydrogen) atoms. The first-order chi connectivity index (χ1) is 18.7. The summed E-state index contributed by atoms with van der Waals surface area (Å²) >= 11 is 0. The molecule has 0 aromatic heterocycles. The number of nitrogens with one attached hydrogen (secondary N) is 2. The van der Waals surface area contributed by atoms with Gasteiger partial charge in [-0.3, -0.25) is 4.79 Å². The highest BCUT2D eigenvalue weighted by atomic mass is 16.3. The van der Waals surface area contributed by atoms with Crippen LogP contribution in [0, 0.1) is 31.6 Å². The zero-order valence-corrected chi connectivity index (χ0v) is 23.2. The van der Waals surface area contributed by atoms with E-state index < -0.39 is 6.04 Å². The van der Waals surface area contributed by atoms with Crippen molar-refractivity contribution < 1.29 is 14.7 Å². The number of phenols is 1. The van der Waals surface area contributed by atoms with Crippen molar-refractivity contribution in [3.05, 3.63) is 64.2 Å². The fraction of sp³-hybridized carbons (Fsp3) is 0.562. The number of hydrogen-bond donors (Lipinski definition) is 4. The van der Waals surface area contributed by atoms with Gasteiger partial charge in [-0.05, 0) is 123 Å². The normalized spacial score (nSPS) is 29.6. The van der Waals surface area contributed by atoms with E-state index in [1.807, 2.05) is 30.9 Å². The lowest BCUT2D eigenvalue weighted by Gasteiger charge is -2.56. The monoisotopic (exact) mass is 530 g/mol. The number of rotatable bonds is 6. The number of aromatic hydroxyl groups is 1. The maximum atomic E-state index is 13.8. The number of urea groups is 1. The van der Waals surface area contributed by atoms with Gasteiger partial charge in [0, 0.05) is 18.6 Å². The van der Waals surface area contributed by atoms with E-state index in [1.54, 1.807) is 12.1 Å². The number of amides is 3. The molecule has 5 aliphatic rings. The Hall–Kier alpha value is -3.06. The molecule has 2 aromatic rings. The van der Waals surface area contributed by atoms with E-state index in [4.69, 9.17) is 5.73 Å². The van der Waals surface area contributed by atoms with Gasteiger partial charge < -0.3 is 26.4 Å². The van der Waals surface area contributed by atoms with Crippen molar-refractivity contribution in [3.8, 4) is 5.75 Å². The molecule has 5 N–H and O–H groups in total. The molecule has 1 heterocycles.